The number of ether oxygens (including phenoxy) is 2. The standard InChI is InChI=1S/C18H18N2O4/c1-23-15-9-6-13(7-10-15)8-11-17(21)20-19-12-14-4-3-5-16(24-2)18(14)22/h3-12,22H,1-2H3,(H,20,21)/b11-8+,19-12-. The van der Waals surface area contributed by atoms with Crippen LogP contribution in [0.15, 0.2) is 53.6 Å². The average molecular weight is 326 g/mol. The van der Waals surface area contributed by atoms with E-state index in [1.807, 2.05) is 12.1 Å². The van der Waals surface area contributed by atoms with E-state index < -0.39 is 0 Å². The van der Waals surface area contributed by atoms with Crippen molar-refractivity contribution in [2.24, 2.45) is 5.10 Å². The lowest BCUT2D eigenvalue weighted by Crippen LogP contribution is -2.14. The second kappa shape index (κ2) is 8.38. The maximum absolute atomic E-state index is 11.7. The van der Waals surface area contributed by atoms with Crippen molar-refractivity contribution >= 4 is 18.2 Å². The molecule has 0 aromatic heterocycles. The van der Waals surface area contributed by atoms with Gasteiger partial charge in [0.1, 0.15) is 5.75 Å². The lowest BCUT2D eigenvalue weighted by atomic mass is 10.2. The summed E-state index contributed by atoms with van der Waals surface area (Å²) in [6.07, 6.45) is 4.37. The Balaban J connectivity index is 1.94. The van der Waals surface area contributed by atoms with Crippen LogP contribution in [0, 0.1) is 0 Å². The molecule has 0 unspecified atom stereocenters. The van der Waals surface area contributed by atoms with Crippen molar-refractivity contribution in [1.82, 2.24) is 5.43 Å². The van der Waals surface area contributed by atoms with Gasteiger partial charge in [0.2, 0.25) is 0 Å². The third-order valence-electron chi connectivity index (χ3n) is 3.17. The van der Waals surface area contributed by atoms with E-state index in [-0.39, 0.29) is 11.7 Å². The van der Waals surface area contributed by atoms with Gasteiger partial charge in [0, 0.05) is 11.6 Å². The first-order chi connectivity index (χ1) is 11.6. The van der Waals surface area contributed by atoms with Gasteiger partial charge in [-0.15, -0.1) is 0 Å². The molecule has 2 aromatic carbocycles. The lowest BCUT2D eigenvalue weighted by molar-refractivity contribution is -0.116. The summed E-state index contributed by atoms with van der Waals surface area (Å²) >= 11 is 0. The van der Waals surface area contributed by atoms with Crippen molar-refractivity contribution in [3.8, 4) is 17.2 Å². The van der Waals surface area contributed by atoms with Crippen LogP contribution in [0.2, 0.25) is 0 Å². The first-order valence-corrected chi connectivity index (χ1v) is 7.15. The minimum Gasteiger partial charge on any atom is -0.504 e. The molecule has 0 aliphatic heterocycles. The molecule has 6 heteroatoms. The molecule has 0 aliphatic rings. The van der Waals surface area contributed by atoms with Crippen LogP contribution in [-0.2, 0) is 4.79 Å². The van der Waals surface area contributed by atoms with E-state index in [4.69, 9.17) is 9.47 Å². The van der Waals surface area contributed by atoms with Crippen LogP contribution in [0.25, 0.3) is 6.08 Å². The Bertz CT molecular complexity index is 752. The topological polar surface area (TPSA) is 80.2 Å². The van der Waals surface area contributed by atoms with Crippen LogP contribution in [0.5, 0.6) is 17.2 Å². The van der Waals surface area contributed by atoms with Gasteiger partial charge < -0.3 is 14.6 Å². The van der Waals surface area contributed by atoms with Crippen LogP contribution < -0.4 is 14.9 Å². The summed E-state index contributed by atoms with van der Waals surface area (Å²) in [6, 6.07) is 12.3. The number of nitrogens with one attached hydrogen (secondary N) is 1. The number of hydrazone groups is 1. The number of amides is 1. The van der Waals surface area contributed by atoms with E-state index in [1.165, 1.54) is 19.4 Å². The van der Waals surface area contributed by atoms with Gasteiger partial charge in [-0.25, -0.2) is 5.43 Å². The molecule has 0 spiro atoms. The number of aromatic hydroxyl groups is 1. The van der Waals surface area contributed by atoms with E-state index in [0.717, 1.165) is 11.3 Å². The third-order valence-corrected chi connectivity index (χ3v) is 3.17. The lowest BCUT2D eigenvalue weighted by Gasteiger charge is -2.04. The van der Waals surface area contributed by atoms with Crippen molar-refractivity contribution in [2.45, 2.75) is 0 Å². The van der Waals surface area contributed by atoms with Crippen LogP contribution in [0.1, 0.15) is 11.1 Å². The Morgan fingerprint density at radius 3 is 2.54 bits per heavy atom. The van der Waals surface area contributed by atoms with Crippen molar-refractivity contribution < 1.29 is 19.4 Å². The number of carbonyl (C=O) groups excluding carboxylic acids is 1. The molecule has 24 heavy (non-hydrogen) atoms. The molecule has 124 valence electrons. The predicted molar refractivity (Wildman–Crippen MR) is 92.4 cm³/mol. The number of rotatable bonds is 6. The van der Waals surface area contributed by atoms with Gasteiger partial charge in [0.25, 0.3) is 5.91 Å². The number of benzene rings is 2. The molecule has 0 atom stereocenters. The Labute approximate surface area is 140 Å². The highest BCUT2D eigenvalue weighted by Gasteiger charge is 2.04. The first-order valence-electron chi connectivity index (χ1n) is 7.15. The largest absolute Gasteiger partial charge is 0.504 e. The van der Waals surface area contributed by atoms with E-state index in [2.05, 4.69) is 10.5 Å². The SMILES string of the molecule is COc1ccc(/C=C/C(=O)N/N=C\c2cccc(OC)c2O)cc1. The molecular weight excluding hydrogens is 308 g/mol. The van der Waals surface area contributed by atoms with Crippen molar-refractivity contribution in [3.63, 3.8) is 0 Å². The summed E-state index contributed by atoms with van der Waals surface area (Å²) in [5.74, 6) is 0.667. The highest BCUT2D eigenvalue weighted by Crippen LogP contribution is 2.27. The number of phenols is 1. The molecule has 0 fully saturated rings. The summed E-state index contributed by atoms with van der Waals surface area (Å²) in [5, 5.41) is 13.7. The zero-order valence-electron chi connectivity index (χ0n) is 13.4. The zero-order valence-corrected chi connectivity index (χ0v) is 13.4. The zero-order chi connectivity index (χ0) is 17.4. The molecule has 2 N–H and O–H groups in total. The number of hydrogen-bond acceptors (Lipinski definition) is 5. The fourth-order valence-electron chi connectivity index (χ4n) is 1.90. The van der Waals surface area contributed by atoms with E-state index in [9.17, 15) is 9.90 Å². The number of carbonyl (C=O) groups is 1. The maximum atomic E-state index is 11.7. The molecule has 0 heterocycles. The quantitative estimate of drug-likeness (QED) is 0.486. The molecule has 0 saturated heterocycles. The Morgan fingerprint density at radius 1 is 1.12 bits per heavy atom. The summed E-state index contributed by atoms with van der Waals surface area (Å²) < 4.78 is 10.1. The molecule has 1 amide bonds. The minimum absolute atomic E-state index is 0.0354. The number of methoxy groups -OCH3 is 2. The Morgan fingerprint density at radius 2 is 1.88 bits per heavy atom. The second-order valence-electron chi connectivity index (χ2n) is 4.74. The normalized spacial score (nSPS) is 10.9. The summed E-state index contributed by atoms with van der Waals surface area (Å²) in [7, 11) is 3.05. The fourth-order valence-corrected chi connectivity index (χ4v) is 1.90. The molecule has 2 aromatic rings. The fraction of sp³-hybridized carbons (Fsp3) is 0.111. The number of phenolic OH excluding ortho intramolecular Hbond substituents is 1. The van der Waals surface area contributed by atoms with Gasteiger partial charge >= 0.3 is 0 Å². The molecule has 0 bridgehead atoms. The van der Waals surface area contributed by atoms with Crippen LogP contribution in [0.4, 0.5) is 0 Å². The van der Waals surface area contributed by atoms with Gasteiger partial charge in [-0.3, -0.25) is 4.79 Å². The van der Waals surface area contributed by atoms with Crippen molar-refractivity contribution in [1.29, 1.82) is 0 Å². The van der Waals surface area contributed by atoms with Gasteiger partial charge in [0.15, 0.2) is 11.5 Å². The highest BCUT2D eigenvalue weighted by molar-refractivity contribution is 5.93. The summed E-state index contributed by atoms with van der Waals surface area (Å²) in [4.78, 5) is 11.7. The number of nitrogens with zero attached hydrogens (tertiary/aromatic N) is 1. The molecule has 6 nitrogen and oxygen atoms in total. The second-order valence-corrected chi connectivity index (χ2v) is 4.74. The summed E-state index contributed by atoms with van der Waals surface area (Å²) in [6.45, 7) is 0. The number of para-hydroxylation sites is 1. The van der Waals surface area contributed by atoms with Crippen LogP contribution >= 0.6 is 0 Å². The van der Waals surface area contributed by atoms with Gasteiger partial charge in [-0.2, -0.15) is 5.10 Å². The van der Waals surface area contributed by atoms with Crippen molar-refractivity contribution in [3.05, 3.63) is 59.7 Å². The van der Waals surface area contributed by atoms with Gasteiger partial charge in [-0.1, -0.05) is 18.2 Å². The average Bonchev–Trinajstić information content (AvgIpc) is 2.62. The van der Waals surface area contributed by atoms with Gasteiger partial charge in [-0.05, 0) is 35.9 Å². The van der Waals surface area contributed by atoms with Crippen molar-refractivity contribution in [2.75, 3.05) is 14.2 Å². The maximum Gasteiger partial charge on any atom is 0.264 e. The monoisotopic (exact) mass is 326 g/mol. The number of hydrogen-bond donors (Lipinski definition) is 2. The molecule has 0 aliphatic carbocycles. The van der Waals surface area contributed by atoms with E-state index in [0.29, 0.717) is 11.3 Å². The van der Waals surface area contributed by atoms with Crippen LogP contribution in [0.3, 0.4) is 0 Å². The van der Waals surface area contributed by atoms with Gasteiger partial charge in [0.05, 0.1) is 20.4 Å². The summed E-state index contributed by atoms with van der Waals surface area (Å²) in [5.41, 5.74) is 3.66. The molecular formula is C18H18N2O4. The Kier molecular flexibility index (Phi) is 5.96. The predicted octanol–water partition coefficient (Wildman–Crippen LogP) is 2.57. The smallest absolute Gasteiger partial charge is 0.264 e. The van der Waals surface area contributed by atoms with E-state index in [1.54, 1.807) is 43.5 Å². The highest BCUT2D eigenvalue weighted by atomic mass is 16.5. The molecule has 0 radical (unpaired) electrons. The van der Waals surface area contributed by atoms with E-state index >= 15 is 0 Å². The first kappa shape index (κ1) is 17.1. The Hall–Kier alpha value is -3.28. The third kappa shape index (κ3) is 4.61. The van der Waals surface area contributed by atoms with Crippen LogP contribution in [-0.4, -0.2) is 31.4 Å². The molecule has 0 saturated carbocycles. The minimum atomic E-state index is -0.385. The molecule has 2 rings (SSSR count).